The highest BCUT2D eigenvalue weighted by atomic mass is 16.5. The summed E-state index contributed by atoms with van der Waals surface area (Å²) in [5.74, 6) is 0.968. The first-order chi connectivity index (χ1) is 12.8. The number of rotatable bonds is 9. The molecule has 0 radical (unpaired) electrons. The van der Waals surface area contributed by atoms with Crippen LogP contribution in [0.2, 0.25) is 0 Å². The third-order valence-electron chi connectivity index (χ3n) is 4.93. The van der Waals surface area contributed by atoms with E-state index in [4.69, 9.17) is 4.74 Å². The van der Waals surface area contributed by atoms with Crippen LogP contribution in [-0.2, 0) is 6.42 Å². The van der Waals surface area contributed by atoms with Crippen molar-refractivity contribution in [2.24, 2.45) is 0 Å². The lowest BCUT2D eigenvalue weighted by Gasteiger charge is -2.09. The normalized spacial score (nSPS) is 11.0. The summed E-state index contributed by atoms with van der Waals surface area (Å²) in [5, 5.41) is 2.50. The van der Waals surface area contributed by atoms with Crippen LogP contribution in [-0.4, -0.2) is 6.61 Å². The highest BCUT2D eigenvalue weighted by Gasteiger charge is 2.03. The molecule has 1 heteroatoms. The maximum Gasteiger partial charge on any atom is 0.119 e. The van der Waals surface area contributed by atoms with E-state index in [1.54, 1.807) is 0 Å². The van der Waals surface area contributed by atoms with Gasteiger partial charge in [-0.25, -0.2) is 0 Å². The Labute approximate surface area is 158 Å². The van der Waals surface area contributed by atoms with Gasteiger partial charge in [-0.05, 0) is 64.9 Å². The summed E-state index contributed by atoms with van der Waals surface area (Å²) in [6, 6.07) is 22.1. The van der Waals surface area contributed by atoms with Crippen molar-refractivity contribution in [3.63, 3.8) is 0 Å². The van der Waals surface area contributed by atoms with Gasteiger partial charge in [0.25, 0.3) is 0 Å². The van der Waals surface area contributed by atoms with Gasteiger partial charge in [-0.15, -0.1) is 0 Å². The zero-order chi connectivity index (χ0) is 18.2. The van der Waals surface area contributed by atoms with Gasteiger partial charge in [-0.3, -0.25) is 0 Å². The first-order valence-corrected chi connectivity index (χ1v) is 10.1. The molecule has 0 heterocycles. The molecule has 0 saturated heterocycles. The van der Waals surface area contributed by atoms with Crippen LogP contribution in [0.4, 0.5) is 0 Å². The van der Waals surface area contributed by atoms with E-state index in [1.807, 2.05) is 0 Å². The van der Waals surface area contributed by atoms with Gasteiger partial charge in [0.05, 0.1) is 6.61 Å². The zero-order valence-corrected chi connectivity index (χ0v) is 16.1. The monoisotopic (exact) mass is 346 g/mol. The van der Waals surface area contributed by atoms with E-state index < -0.39 is 0 Å². The first-order valence-electron chi connectivity index (χ1n) is 10.1. The summed E-state index contributed by atoms with van der Waals surface area (Å²) in [4.78, 5) is 0. The van der Waals surface area contributed by atoms with E-state index >= 15 is 0 Å². The smallest absolute Gasteiger partial charge is 0.119 e. The second-order valence-electron chi connectivity index (χ2n) is 7.08. The molecular formula is C25H30O. The molecule has 3 aromatic carbocycles. The van der Waals surface area contributed by atoms with Crippen LogP contribution in [0.15, 0.2) is 60.7 Å². The second kappa shape index (κ2) is 9.43. The number of ether oxygens (including phenoxy) is 1. The summed E-state index contributed by atoms with van der Waals surface area (Å²) in [6.45, 7) is 5.23. The van der Waals surface area contributed by atoms with Crippen molar-refractivity contribution in [3.8, 4) is 16.9 Å². The Balaban J connectivity index is 1.73. The van der Waals surface area contributed by atoms with Crippen LogP contribution in [0.1, 0.15) is 51.5 Å². The minimum Gasteiger partial charge on any atom is -0.494 e. The number of unbranched alkanes of at least 4 members (excludes halogenated alkanes) is 3. The molecule has 0 spiro atoms. The number of hydrogen-bond acceptors (Lipinski definition) is 1. The van der Waals surface area contributed by atoms with Gasteiger partial charge in [0.1, 0.15) is 5.75 Å². The SMILES string of the molecule is CCCCCc1ccc(-c2ccc3cc(OCCCC)ccc3c2)cc1. The summed E-state index contributed by atoms with van der Waals surface area (Å²) in [6.07, 6.45) is 7.33. The molecule has 0 fully saturated rings. The third kappa shape index (κ3) is 4.88. The van der Waals surface area contributed by atoms with E-state index in [1.165, 1.54) is 53.1 Å². The minimum atomic E-state index is 0.796. The molecule has 0 atom stereocenters. The largest absolute Gasteiger partial charge is 0.494 e. The number of aryl methyl sites for hydroxylation is 1. The van der Waals surface area contributed by atoms with Crippen molar-refractivity contribution in [2.45, 2.75) is 52.4 Å². The molecule has 3 rings (SSSR count). The van der Waals surface area contributed by atoms with Crippen molar-refractivity contribution in [3.05, 3.63) is 66.2 Å². The Hall–Kier alpha value is -2.28. The fourth-order valence-electron chi connectivity index (χ4n) is 3.27. The molecule has 136 valence electrons. The molecule has 0 N–H and O–H groups in total. The number of hydrogen-bond donors (Lipinski definition) is 0. The van der Waals surface area contributed by atoms with Gasteiger partial charge in [0.15, 0.2) is 0 Å². The van der Waals surface area contributed by atoms with Crippen LogP contribution in [0.25, 0.3) is 21.9 Å². The average Bonchev–Trinajstić information content (AvgIpc) is 2.68. The molecule has 0 aliphatic carbocycles. The molecule has 3 aromatic rings. The lowest BCUT2D eigenvalue weighted by Crippen LogP contribution is -1.96. The lowest BCUT2D eigenvalue weighted by atomic mass is 9.99. The molecule has 0 aliphatic heterocycles. The Morgan fingerprint density at radius 3 is 2.12 bits per heavy atom. The predicted molar refractivity (Wildman–Crippen MR) is 113 cm³/mol. The topological polar surface area (TPSA) is 9.23 Å². The van der Waals surface area contributed by atoms with E-state index in [-0.39, 0.29) is 0 Å². The van der Waals surface area contributed by atoms with Crippen molar-refractivity contribution in [2.75, 3.05) is 6.61 Å². The van der Waals surface area contributed by atoms with Gasteiger partial charge in [-0.1, -0.05) is 75.6 Å². The molecule has 0 aromatic heterocycles. The summed E-state index contributed by atoms with van der Waals surface area (Å²) < 4.78 is 5.82. The van der Waals surface area contributed by atoms with Crippen molar-refractivity contribution >= 4 is 10.8 Å². The molecule has 0 aliphatic rings. The van der Waals surface area contributed by atoms with Crippen molar-refractivity contribution < 1.29 is 4.74 Å². The summed E-state index contributed by atoms with van der Waals surface area (Å²) in [7, 11) is 0. The summed E-state index contributed by atoms with van der Waals surface area (Å²) in [5.41, 5.74) is 4.00. The molecule has 1 nitrogen and oxygen atoms in total. The second-order valence-corrected chi connectivity index (χ2v) is 7.08. The van der Waals surface area contributed by atoms with Crippen LogP contribution in [0, 0.1) is 0 Å². The van der Waals surface area contributed by atoms with E-state index in [0.717, 1.165) is 25.2 Å². The number of fused-ring (bicyclic) bond motifs is 1. The minimum absolute atomic E-state index is 0.796. The van der Waals surface area contributed by atoms with Gasteiger partial charge in [-0.2, -0.15) is 0 Å². The van der Waals surface area contributed by atoms with Gasteiger partial charge < -0.3 is 4.74 Å². The maximum absolute atomic E-state index is 5.82. The molecule has 0 unspecified atom stereocenters. The average molecular weight is 347 g/mol. The van der Waals surface area contributed by atoms with Gasteiger partial charge in [0.2, 0.25) is 0 Å². The fraction of sp³-hybridized carbons (Fsp3) is 0.360. The highest BCUT2D eigenvalue weighted by Crippen LogP contribution is 2.27. The lowest BCUT2D eigenvalue weighted by molar-refractivity contribution is 0.310. The quantitative estimate of drug-likeness (QED) is 0.366. The standard InChI is InChI=1S/C25H30O/c1-3-5-7-8-20-9-11-21(12-10-20)22-13-14-24-19-25(26-17-6-4-2)16-15-23(24)18-22/h9-16,18-19H,3-8,17H2,1-2H3. The van der Waals surface area contributed by atoms with E-state index in [0.29, 0.717) is 0 Å². The maximum atomic E-state index is 5.82. The van der Waals surface area contributed by atoms with Crippen LogP contribution >= 0.6 is 0 Å². The van der Waals surface area contributed by atoms with Crippen LogP contribution in [0.3, 0.4) is 0 Å². The fourth-order valence-corrected chi connectivity index (χ4v) is 3.27. The molecule has 26 heavy (non-hydrogen) atoms. The zero-order valence-electron chi connectivity index (χ0n) is 16.1. The Morgan fingerprint density at radius 1 is 0.654 bits per heavy atom. The Bertz CT molecular complexity index is 817. The van der Waals surface area contributed by atoms with Gasteiger partial charge >= 0.3 is 0 Å². The Kier molecular flexibility index (Phi) is 6.71. The van der Waals surface area contributed by atoms with E-state index in [9.17, 15) is 0 Å². The predicted octanol–water partition coefficient (Wildman–Crippen LogP) is 7.42. The first kappa shape index (κ1) is 18.5. The van der Waals surface area contributed by atoms with Crippen molar-refractivity contribution in [1.82, 2.24) is 0 Å². The molecule has 0 bridgehead atoms. The van der Waals surface area contributed by atoms with Gasteiger partial charge in [0, 0.05) is 0 Å². The van der Waals surface area contributed by atoms with Crippen LogP contribution in [0.5, 0.6) is 5.75 Å². The molecule has 0 saturated carbocycles. The van der Waals surface area contributed by atoms with E-state index in [2.05, 4.69) is 74.5 Å². The molecule has 0 amide bonds. The van der Waals surface area contributed by atoms with Crippen molar-refractivity contribution in [1.29, 1.82) is 0 Å². The summed E-state index contributed by atoms with van der Waals surface area (Å²) >= 11 is 0. The third-order valence-corrected chi connectivity index (χ3v) is 4.93. The Morgan fingerprint density at radius 2 is 1.35 bits per heavy atom. The highest BCUT2D eigenvalue weighted by molar-refractivity contribution is 5.88. The molecular weight excluding hydrogens is 316 g/mol. The van der Waals surface area contributed by atoms with Crippen LogP contribution < -0.4 is 4.74 Å². The number of benzene rings is 3.